The van der Waals surface area contributed by atoms with Crippen LogP contribution in [-0.2, 0) is 13.5 Å². The largest absolute Gasteiger partial charge is 0.399 e. The van der Waals surface area contributed by atoms with E-state index in [1.807, 2.05) is 19.2 Å². The predicted molar refractivity (Wildman–Crippen MR) is 62.1 cm³/mol. The van der Waals surface area contributed by atoms with Gasteiger partial charge in [0.15, 0.2) is 5.82 Å². The molecule has 0 aliphatic rings. The summed E-state index contributed by atoms with van der Waals surface area (Å²) in [6, 6.07) is 7.30. The molecule has 0 amide bonds. The van der Waals surface area contributed by atoms with Gasteiger partial charge in [0.05, 0.1) is 0 Å². The van der Waals surface area contributed by atoms with Crippen LogP contribution in [0.1, 0.15) is 16.2 Å². The lowest BCUT2D eigenvalue weighted by Gasteiger charge is -2.02. The van der Waals surface area contributed by atoms with Crippen molar-refractivity contribution in [3.05, 3.63) is 48.0 Å². The number of hydrogen-bond donors (Lipinski definition) is 1. The minimum Gasteiger partial charge on any atom is -0.399 e. The van der Waals surface area contributed by atoms with Crippen LogP contribution in [0.5, 0.6) is 0 Å². The highest BCUT2D eigenvalue weighted by atomic mass is 16.1. The van der Waals surface area contributed by atoms with Crippen LogP contribution in [0.15, 0.2) is 36.7 Å². The van der Waals surface area contributed by atoms with E-state index in [0.717, 1.165) is 5.56 Å². The molecule has 1 heterocycles. The molecule has 82 valence electrons. The van der Waals surface area contributed by atoms with Crippen molar-refractivity contribution in [1.82, 2.24) is 9.55 Å². The number of nitrogens with zero attached hydrogens (tertiary/aromatic N) is 2. The lowest BCUT2D eigenvalue weighted by atomic mass is 10.1. The topological polar surface area (TPSA) is 60.9 Å². The molecule has 4 nitrogen and oxygen atoms in total. The molecular weight excluding hydrogens is 202 g/mol. The summed E-state index contributed by atoms with van der Waals surface area (Å²) in [5.74, 6) is 0.495. The number of carbonyl (C=O) groups excluding carboxylic acids is 1. The maximum absolute atomic E-state index is 11.9. The number of carbonyl (C=O) groups is 1. The molecule has 0 bridgehead atoms. The normalized spacial score (nSPS) is 10.3. The Kier molecular flexibility index (Phi) is 2.72. The van der Waals surface area contributed by atoms with Gasteiger partial charge >= 0.3 is 0 Å². The van der Waals surface area contributed by atoms with E-state index in [-0.39, 0.29) is 5.78 Å². The molecule has 2 rings (SSSR count). The highest BCUT2D eigenvalue weighted by Gasteiger charge is 2.11. The molecule has 1 aromatic carbocycles. The highest BCUT2D eigenvalue weighted by Crippen LogP contribution is 2.08. The van der Waals surface area contributed by atoms with Gasteiger partial charge in [-0.2, -0.15) is 0 Å². The quantitative estimate of drug-likeness (QED) is 0.622. The van der Waals surface area contributed by atoms with Crippen molar-refractivity contribution in [2.75, 3.05) is 5.73 Å². The van der Waals surface area contributed by atoms with Gasteiger partial charge < -0.3 is 10.3 Å². The molecule has 16 heavy (non-hydrogen) atoms. The van der Waals surface area contributed by atoms with Gasteiger partial charge in [-0.3, -0.25) is 4.79 Å². The van der Waals surface area contributed by atoms with E-state index < -0.39 is 0 Å². The SMILES string of the molecule is Cn1ccnc1C(=O)Cc1ccc(N)cc1. The number of Topliss-reactive ketones (excluding diaryl/α,β-unsaturated/α-hetero) is 1. The minimum absolute atomic E-state index is 0.0114. The molecule has 0 spiro atoms. The Bertz CT molecular complexity index is 499. The Morgan fingerprint density at radius 1 is 1.38 bits per heavy atom. The van der Waals surface area contributed by atoms with E-state index in [9.17, 15) is 4.79 Å². The zero-order valence-electron chi connectivity index (χ0n) is 9.05. The fourth-order valence-corrected chi connectivity index (χ4v) is 1.53. The monoisotopic (exact) mass is 215 g/mol. The first-order valence-electron chi connectivity index (χ1n) is 5.02. The van der Waals surface area contributed by atoms with Crippen molar-refractivity contribution in [3.8, 4) is 0 Å². The summed E-state index contributed by atoms with van der Waals surface area (Å²) < 4.78 is 1.72. The molecule has 0 aliphatic carbocycles. The Morgan fingerprint density at radius 3 is 2.62 bits per heavy atom. The summed E-state index contributed by atoms with van der Waals surface area (Å²) in [4.78, 5) is 15.9. The number of ketones is 1. The Balaban J connectivity index is 2.14. The van der Waals surface area contributed by atoms with Crippen molar-refractivity contribution in [2.45, 2.75) is 6.42 Å². The zero-order valence-corrected chi connectivity index (χ0v) is 9.05. The Labute approximate surface area is 93.7 Å². The van der Waals surface area contributed by atoms with Crippen molar-refractivity contribution >= 4 is 11.5 Å². The van der Waals surface area contributed by atoms with E-state index in [2.05, 4.69) is 4.98 Å². The van der Waals surface area contributed by atoms with Gasteiger partial charge in [0.25, 0.3) is 0 Å². The third-order valence-corrected chi connectivity index (χ3v) is 2.41. The molecule has 0 fully saturated rings. The molecule has 0 saturated heterocycles. The second-order valence-electron chi connectivity index (χ2n) is 3.70. The summed E-state index contributed by atoms with van der Waals surface area (Å²) in [6.45, 7) is 0. The lowest BCUT2D eigenvalue weighted by Crippen LogP contribution is -2.10. The van der Waals surface area contributed by atoms with Crippen LogP contribution in [0.25, 0.3) is 0 Å². The third kappa shape index (κ3) is 2.11. The van der Waals surface area contributed by atoms with Gasteiger partial charge in [0.1, 0.15) is 0 Å². The number of benzene rings is 1. The number of hydrogen-bond acceptors (Lipinski definition) is 3. The van der Waals surface area contributed by atoms with Crippen LogP contribution < -0.4 is 5.73 Å². The minimum atomic E-state index is 0.0114. The second kappa shape index (κ2) is 4.18. The molecule has 0 radical (unpaired) electrons. The predicted octanol–water partition coefficient (Wildman–Crippen LogP) is 1.43. The number of rotatable bonds is 3. The maximum Gasteiger partial charge on any atom is 0.202 e. The van der Waals surface area contributed by atoms with Crippen LogP contribution in [0.4, 0.5) is 5.69 Å². The lowest BCUT2D eigenvalue weighted by molar-refractivity contribution is 0.0980. The number of aryl methyl sites for hydroxylation is 1. The van der Waals surface area contributed by atoms with E-state index in [0.29, 0.717) is 17.9 Å². The fourth-order valence-electron chi connectivity index (χ4n) is 1.53. The summed E-state index contributed by atoms with van der Waals surface area (Å²) >= 11 is 0. The van der Waals surface area contributed by atoms with E-state index in [1.54, 1.807) is 29.1 Å². The van der Waals surface area contributed by atoms with Gasteiger partial charge in [-0.05, 0) is 17.7 Å². The number of aromatic nitrogens is 2. The third-order valence-electron chi connectivity index (χ3n) is 2.41. The standard InChI is InChI=1S/C12H13N3O/c1-15-7-6-14-12(15)11(16)8-9-2-4-10(13)5-3-9/h2-7H,8,13H2,1H3. The molecule has 4 heteroatoms. The van der Waals surface area contributed by atoms with Gasteiger partial charge in [0, 0.05) is 31.5 Å². The second-order valence-corrected chi connectivity index (χ2v) is 3.70. The first kappa shape index (κ1) is 10.4. The Morgan fingerprint density at radius 2 is 2.06 bits per heavy atom. The number of imidazole rings is 1. The van der Waals surface area contributed by atoms with Gasteiger partial charge in [-0.15, -0.1) is 0 Å². The average Bonchev–Trinajstić information content (AvgIpc) is 2.68. The van der Waals surface area contributed by atoms with E-state index in [4.69, 9.17) is 5.73 Å². The zero-order chi connectivity index (χ0) is 11.5. The summed E-state index contributed by atoms with van der Waals surface area (Å²) in [5.41, 5.74) is 7.22. The number of anilines is 1. The van der Waals surface area contributed by atoms with Crippen molar-refractivity contribution in [1.29, 1.82) is 0 Å². The highest BCUT2D eigenvalue weighted by molar-refractivity contribution is 5.94. The molecule has 0 aliphatic heterocycles. The van der Waals surface area contributed by atoms with Crippen LogP contribution in [0, 0.1) is 0 Å². The molecule has 2 aromatic rings. The summed E-state index contributed by atoms with van der Waals surface area (Å²) in [6.07, 6.45) is 3.73. The van der Waals surface area contributed by atoms with Crippen molar-refractivity contribution in [3.63, 3.8) is 0 Å². The maximum atomic E-state index is 11.9. The first-order chi connectivity index (χ1) is 7.66. The molecule has 1 aromatic heterocycles. The molecule has 0 atom stereocenters. The summed E-state index contributed by atoms with van der Waals surface area (Å²) in [5, 5.41) is 0. The van der Waals surface area contributed by atoms with Gasteiger partial charge in [-0.25, -0.2) is 4.98 Å². The first-order valence-corrected chi connectivity index (χ1v) is 5.02. The van der Waals surface area contributed by atoms with Crippen LogP contribution in [-0.4, -0.2) is 15.3 Å². The number of nitrogen functional groups attached to an aromatic ring is 1. The molecular formula is C12H13N3O. The van der Waals surface area contributed by atoms with Crippen LogP contribution in [0.2, 0.25) is 0 Å². The van der Waals surface area contributed by atoms with Crippen molar-refractivity contribution < 1.29 is 4.79 Å². The molecule has 0 unspecified atom stereocenters. The summed E-state index contributed by atoms with van der Waals surface area (Å²) in [7, 11) is 1.81. The Hall–Kier alpha value is -2.10. The smallest absolute Gasteiger partial charge is 0.202 e. The number of nitrogens with two attached hydrogens (primary N) is 1. The molecule has 2 N–H and O–H groups in total. The molecule has 0 saturated carbocycles. The van der Waals surface area contributed by atoms with Gasteiger partial charge in [-0.1, -0.05) is 12.1 Å². The van der Waals surface area contributed by atoms with E-state index in [1.165, 1.54) is 0 Å². The fraction of sp³-hybridized carbons (Fsp3) is 0.167. The van der Waals surface area contributed by atoms with Crippen molar-refractivity contribution in [2.24, 2.45) is 7.05 Å². The van der Waals surface area contributed by atoms with Gasteiger partial charge in [0.2, 0.25) is 5.78 Å². The average molecular weight is 215 g/mol. The van der Waals surface area contributed by atoms with E-state index >= 15 is 0 Å². The van der Waals surface area contributed by atoms with Crippen LogP contribution in [0.3, 0.4) is 0 Å². The van der Waals surface area contributed by atoms with Crippen LogP contribution >= 0.6 is 0 Å².